The first kappa shape index (κ1) is 16.9. The second-order valence-corrected chi connectivity index (χ2v) is 7.79. The first-order valence-corrected chi connectivity index (χ1v) is 9.31. The zero-order chi connectivity index (χ0) is 16.0. The van der Waals surface area contributed by atoms with E-state index in [-0.39, 0.29) is 17.8 Å². The number of rotatable bonds is 7. The summed E-state index contributed by atoms with van der Waals surface area (Å²) in [6.07, 6.45) is 5.20. The Labute approximate surface area is 131 Å². The maximum atomic E-state index is 12.4. The van der Waals surface area contributed by atoms with Crippen LogP contribution in [-0.4, -0.2) is 55.0 Å². The molecule has 1 saturated heterocycles. The van der Waals surface area contributed by atoms with Crippen LogP contribution in [0, 0.1) is 0 Å². The van der Waals surface area contributed by atoms with Crippen LogP contribution in [-0.2, 0) is 25.9 Å². The maximum Gasteiger partial charge on any atom is 0.238 e. The summed E-state index contributed by atoms with van der Waals surface area (Å²) in [5.41, 5.74) is 0.926. The Morgan fingerprint density at radius 2 is 2.14 bits per heavy atom. The lowest BCUT2D eigenvalue weighted by Crippen LogP contribution is -2.40. The fraction of sp³-hybridized carbons (Fsp3) is 0.600. The summed E-state index contributed by atoms with van der Waals surface area (Å²) in [4.78, 5) is 17.9. The number of hydrogen-bond donors (Lipinski definition) is 0. The highest BCUT2D eigenvalue weighted by molar-refractivity contribution is 7.92. The molecule has 1 aliphatic rings. The van der Waals surface area contributed by atoms with E-state index >= 15 is 0 Å². The molecule has 0 unspecified atom stereocenters. The lowest BCUT2D eigenvalue weighted by atomic mass is 10.2. The monoisotopic (exact) mass is 326 g/mol. The molecular formula is C15H22N2O4S. The van der Waals surface area contributed by atoms with Gasteiger partial charge in [0.05, 0.1) is 6.10 Å². The normalized spacial score (nSPS) is 18.3. The van der Waals surface area contributed by atoms with Crippen molar-refractivity contribution in [1.82, 2.24) is 9.88 Å². The van der Waals surface area contributed by atoms with Gasteiger partial charge in [-0.25, -0.2) is 8.42 Å². The average molecular weight is 326 g/mol. The molecule has 1 amide bonds. The number of carbonyl (C=O) groups is 1. The van der Waals surface area contributed by atoms with Crippen LogP contribution in [0.3, 0.4) is 0 Å². The zero-order valence-electron chi connectivity index (χ0n) is 12.8. The number of sulfone groups is 1. The molecule has 0 N–H and O–H groups in total. The van der Waals surface area contributed by atoms with Gasteiger partial charge in [0.1, 0.15) is 5.75 Å². The van der Waals surface area contributed by atoms with Gasteiger partial charge >= 0.3 is 0 Å². The Kier molecular flexibility index (Phi) is 5.90. The predicted molar refractivity (Wildman–Crippen MR) is 83.0 cm³/mol. The summed E-state index contributed by atoms with van der Waals surface area (Å²) < 4.78 is 29.0. The van der Waals surface area contributed by atoms with E-state index < -0.39 is 15.6 Å². The van der Waals surface area contributed by atoms with Crippen molar-refractivity contribution in [2.45, 2.75) is 32.4 Å². The van der Waals surface area contributed by atoms with Gasteiger partial charge in [0.25, 0.3) is 0 Å². The largest absolute Gasteiger partial charge is 0.376 e. The third kappa shape index (κ3) is 5.06. The fourth-order valence-corrected chi connectivity index (χ4v) is 3.14. The van der Waals surface area contributed by atoms with E-state index in [9.17, 15) is 13.2 Å². The topological polar surface area (TPSA) is 76.6 Å². The van der Waals surface area contributed by atoms with Gasteiger partial charge in [-0.2, -0.15) is 0 Å². The molecule has 122 valence electrons. The van der Waals surface area contributed by atoms with Gasteiger partial charge in [-0.1, -0.05) is 6.92 Å². The highest BCUT2D eigenvalue weighted by Gasteiger charge is 2.25. The summed E-state index contributed by atoms with van der Waals surface area (Å²) in [5.74, 6) is -0.836. The molecule has 0 saturated carbocycles. The van der Waals surface area contributed by atoms with Crippen LogP contribution in [0.15, 0.2) is 24.5 Å². The maximum absolute atomic E-state index is 12.4. The summed E-state index contributed by atoms with van der Waals surface area (Å²) in [6, 6.07) is 3.65. The van der Waals surface area contributed by atoms with Crippen molar-refractivity contribution in [3.63, 3.8) is 0 Å². The van der Waals surface area contributed by atoms with E-state index in [0.29, 0.717) is 19.7 Å². The number of aromatic nitrogens is 1. The third-order valence-electron chi connectivity index (χ3n) is 3.71. The van der Waals surface area contributed by atoms with E-state index in [4.69, 9.17) is 4.74 Å². The lowest BCUT2D eigenvalue weighted by molar-refractivity contribution is -0.130. The van der Waals surface area contributed by atoms with E-state index in [0.717, 1.165) is 18.4 Å². The minimum atomic E-state index is -3.33. The molecule has 1 aromatic heterocycles. The van der Waals surface area contributed by atoms with E-state index in [2.05, 4.69) is 4.98 Å². The zero-order valence-corrected chi connectivity index (χ0v) is 13.6. The van der Waals surface area contributed by atoms with Crippen molar-refractivity contribution in [2.24, 2.45) is 0 Å². The lowest BCUT2D eigenvalue weighted by Gasteiger charge is -2.25. The predicted octanol–water partition coefficient (Wildman–Crippen LogP) is 1.02. The minimum Gasteiger partial charge on any atom is -0.376 e. The summed E-state index contributed by atoms with van der Waals surface area (Å²) in [7, 11) is -3.33. The first-order chi connectivity index (χ1) is 10.5. The Bertz CT molecular complexity index is 583. The smallest absolute Gasteiger partial charge is 0.238 e. The standard InChI is InChI=1S/C15H22N2O4S/c1-2-22(19,20)12-15(18)17(11-14-4-3-9-21-14)10-13-5-7-16-8-6-13/h5-8,14H,2-4,9-12H2,1H3/t14-/m1/s1. The van der Waals surface area contributed by atoms with E-state index in [1.807, 2.05) is 12.1 Å². The highest BCUT2D eigenvalue weighted by atomic mass is 32.2. The number of amides is 1. The molecule has 2 heterocycles. The second kappa shape index (κ2) is 7.69. The Balaban J connectivity index is 2.07. The number of nitrogens with zero attached hydrogens (tertiary/aromatic N) is 2. The molecule has 0 aliphatic carbocycles. The molecule has 2 rings (SSSR count). The molecular weight excluding hydrogens is 304 g/mol. The van der Waals surface area contributed by atoms with Crippen molar-refractivity contribution in [3.8, 4) is 0 Å². The Morgan fingerprint density at radius 1 is 1.41 bits per heavy atom. The van der Waals surface area contributed by atoms with Crippen molar-refractivity contribution in [1.29, 1.82) is 0 Å². The molecule has 0 spiro atoms. The van der Waals surface area contributed by atoms with Gasteiger partial charge in [-0.3, -0.25) is 9.78 Å². The molecule has 1 aromatic rings. The highest BCUT2D eigenvalue weighted by Crippen LogP contribution is 2.15. The molecule has 0 aromatic carbocycles. The summed E-state index contributed by atoms with van der Waals surface area (Å²) in [6.45, 7) is 3.06. The van der Waals surface area contributed by atoms with Crippen LogP contribution in [0.5, 0.6) is 0 Å². The molecule has 1 aliphatic heterocycles. The Morgan fingerprint density at radius 3 is 2.73 bits per heavy atom. The molecule has 7 heteroatoms. The third-order valence-corrected chi connectivity index (χ3v) is 5.27. The van der Waals surface area contributed by atoms with Gasteiger partial charge < -0.3 is 9.64 Å². The molecule has 0 radical (unpaired) electrons. The van der Waals surface area contributed by atoms with Gasteiger partial charge in [0.15, 0.2) is 9.84 Å². The van der Waals surface area contributed by atoms with Crippen LogP contribution >= 0.6 is 0 Å². The average Bonchev–Trinajstić information content (AvgIpc) is 3.00. The number of carbonyl (C=O) groups excluding carboxylic acids is 1. The first-order valence-electron chi connectivity index (χ1n) is 7.49. The quantitative estimate of drug-likeness (QED) is 0.748. The van der Waals surface area contributed by atoms with Crippen LogP contribution in [0.2, 0.25) is 0 Å². The van der Waals surface area contributed by atoms with Crippen molar-refractivity contribution < 1.29 is 17.9 Å². The number of hydrogen-bond acceptors (Lipinski definition) is 5. The van der Waals surface area contributed by atoms with Crippen LogP contribution in [0.25, 0.3) is 0 Å². The van der Waals surface area contributed by atoms with Crippen molar-refractivity contribution in [3.05, 3.63) is 30.1 Å². The molecule has 1 atom stereocenters. The van der Waals surface area contributed by atoms with Crippen LogP contribution < -0.4 is 0 Å². The molecule has 22 heavy (non-hydrogen) atoms. The van der Waals surface area contributed by atoms with Crippen LogP contribution in [0.1, 0.15) is 25.3 Å². The number of ether oxygens (including phenoxy) is 1. The van der Waals surface area contributed by atoms with Gasteiger partial charge in [-0.05, 0) is 30.5 Å². The summed E-state index contributed by atoms with van der Waals surface area (Å²) in [5, 5.41) is 0. The van der Waals surface area contributed by atoms with Gasteiger partial charge in [0.2, 0.25) is 5.91 Å². The second-order valence-electron chi connectivity index (χ2n) is 5.44. The number of pyridine rings is 1. The summed E-state index contributed by atoms with van der Waals surface area (Å²) >= 11 is 0. The Hall–Kier alpha value is -1.47. The van der Waals surface area contributed by atoms with E-state index in [1.54, 1.807) is 24.2 Å². The SMILES string of the molecule is CCS(=O)(=O)CC(=O)N(Cc1ccncc1)C[C@H]1CCCO1. The van der Waals surface area contributed by atoms with Gasteiger partial charge in [-0.15, -0.1) is 0 Å². The van der Waals surface area contributed by atoms with Crippen molar-refractivity contribution in [2.75, 3.05) is 24.7 Å². The fourth-order valence-electron chi connectivity index (χ4n) is 2.38. The van der Waals surface area contributed by atoms with Crippen molar-refractivity contribution >= 4 is 15.7 Å². The molecule has 6 nitrogen and oxygen atoms in total. The molecule has 0 bridgehead atoms. The van der Waals surface area contributed by atoms with Crippen LogP contribution in [0.4, 0.5) is 0 Å². The van der Waals surface area contributed by atoms with Gasteiger partial charge in [0, 0.05) is 37.8 Å². The minimum absolute atomic E-state index is 0.00452. The van der Waals surface area contributed by atoms with E-state index in [1.165, 1.54) is 0 Å². The molecule has 1 fully saturated rings.